The number of nitrogens with one attached hydrogen (secondary N) is 2. The number of carbonyl (C=O) groups is 2. The number of rotatable bonds is 4. The van der Waals surface area contributed by atoms with Crippen molar-refractivity contribution in [3.8, 4) is 0 Å². The van der Waals surface area contributed by atoms with Gasteiger partial charge >= 0.3 is 6.18 Å². The Morgan fingerprint density at radius 2 is 1.87 bits per heavy atom. The normalized spacial score (nSPS) is 23.4. The van der Waals surface area contributed by atoms with E-state index >= 15 is 0 Å². The van der Waals surface area contributed by atoms with Crippen LogP contribution >= 0.6 is 0 Å². The van der Waals surface area contributed by atoms with E-state index in [4.69, 9.17) is 0 Å². The van der Waals surface area contributed by atoms with Crippen molar-refractivity contribution >= 4 is 28.5 Å². The van der Waals surface area contributed by atoms with Crippen molar-refractivity contribution in [2.75, 3.05) is 11.4 Å². The molecule has 1 saturated heterocycles. The maximum atomic E-state index is 12.7. The highest BCUT2D eigenvalue weighted by Crippen LogP contribution is 2.47. The van der Waals surface area contributed by atoms with Crippen LogP contribution in [0.5, 0.6) is 0 Å². The summed E-state index contributed by atoms with van der Waals surface area (Å²) in [5, 5.41) is 2.81. The number of aromatic nitrogens is 2. The highest BCUT2D eigenvalue weighted by molar-refractivity contribution is 6.01. The van der Waals surface area contributed by atoms with Crippen molar-refractivity contribution in [3.63, 3.8) is 0 Å². The maximum Gasteiger partial charge on any atom is 0.416 e. The van der Waals surface area contributed by atoms with Crippen molar-refractivity contribution in [1.82, 2.24) is 15.3 Å². The number of imidazole rings is 1. The third-order valence-electron chi connectivity index (χ3n) is 5.91. The second kappa shape index (κ2) is 7.11. The van der Waals surface area contributed by atoms with Crippen molar-refractivity contribution in [3.05, 3.63) is 59.9 Å². The largest absolute Gasteiger partial charge is 0.416 e. The standard InChI is InChI=1S/C22H19F3N4O2/c23-22(24,25)12-5-7-13(8-6-12)29-10-9-18(21(29)31)28-20(30)15-11-14(15)19-26-16-3-1-2-4-17(16)27-19/h1-8,14-15,18H,9-11H2,(H,26,27)(H,28,30)/t14-,15-,18-/m0/s1. The quantitative estimate of drug-likeness (QED) is 0.667. The molecule has 2 aromatic carbocycles. The first-order chi connectivity index (χ1) is 14.8. The molecule has 0 unspecified atom stereocenters. The van der Waals surface area contributed by atoms with E-state index in [1.807, 2.05) is 24.3 Å². The van der Waals surface area contributed by atoms with Gasteiger partial charge in [-0.1, -0.05) is 12.1 Å². The number of alkyl halides is 3. The number of hydrogen-bond donors (Lipinski definition) is 2. The van der Waals surface area contributed by atoms with Gasteiger partial charge in [0.25, 0.3) is 0 Å². The summed E-state index contributed by atoms with van der Waals surface area (Å²) in [5.74, 6) is 0.0148. The van der Waals surface area contributed by atoms with Gasteiger partial charge < -0.3 is 15.2 Å². The monoisotopic (exact) mass is 428 g/mol. The van der Waals surface area contributed by atoms with E-state index in [-0.39, 0.29) is 23.7 Å². The van der Waals surface area contributed by atoms with Gasteiger partial charge in [-0.15, -0.1) is 0 Å². The van der Waals surface area contributed by atoms with Gasteiger partial charge in [0.15, 0.2) is 0 Å². The smallest absolute Gasteiger partial charge is 0.344 e. The lowest BCUT2D eigenvalue weighted by atomic mass is 10.2. The highest BCUT2D eigenvalue weighted by atomic mass is 19.4. The van der Waals surface area contributed by atoms with Crippen LogP contribution in [0.4, 0.5) is 18.9 Å². The minimum Gasteiger partial charge on any atom is -0.344 e. The molecule has 0 bridgehead atoms. The zero-order valence-corrected chi connectivity index (χ0v) is 16.3. The summed E-state index contributed by atoms with van der Waals surface area (Å²) in [6.45, 7) is 0.340. The Morgan fingerprint density at radius 3 is 2.58 bits per heavy atom. The number of H-pyrrole nitrogens is 1. The molecule has 31 heavy (non-hydrogen) atoms. The molecule has 0 radical (unpaired) electrons. The lowest BCUT2D eigenvalue weighted by Crippen LogP contribution is -2.42. The summed E-state index contributed by atoms with van der Waals surface area (Å²) in [7, 11) is 0. The van der Waals surface area contributed by atoms with Gasteiger partial charge in [0.1, 0.15) is 11.9 Å². The van der Waals surface area contributed by atoms with Crippen LogP contribution in [0.1, 0.15) is 30.1 Å². The fourth-order valence-corrected chi connectivity index (χ4v) is 4.11. The van der Waals surface area contributed by atoms with Crippen molar-refractivity contribution in [1.29, 1.82) is 0 Å². The van der Waals surface area contributed by atoms with E-state index < -0.39 is 17.8 Å². The zero-order valence-electron chi connectivity index (χ0n) is 16.3. The van der Waals surface area contributed by atoms with Gasteiger partial charge in [-0.2, -0.15) is 13.2 Å². The Labute approximate surface area is 175 Å². The number of fused-ring (bicyclic) bond motifs is 1. The Balaban J connectivity index is 1.21. The first kappa shape index (κ1) is 19.6. The molecule has 0 spiro atoms. The molecule has 2 fully saturated rings. The average molecular weight is 428 g/mol. The second-order valence-electron chi connectivity index (χ2n) is 7.97. The minimum atomic E-state index is -4.43. The van der Waals surface area contributed by atoms with Gasteiger partial charge in [-0.3, -0.25) is 9.59 Å². The SMILES string of the molecule is O=C(N[C@H]1CCN(c2ccc(C(F)(F)F)cc2)C1=O)[C@H]1C[C@@H]1c1nc2ccccc2[nH]1. The number of hydrogen-bond acceptors (Lipinski definition) is 3. The van der Waals surface area contributed by atoms with Crippen molar-refractivity contribution < 1.29 is 22.8 Å². The molecule has 2 amide bonds. The Bertz CT molecular complexity index is 1120. The summed E-state index contributed by atoms with van der Waals surface area (Å²) in [6.07, 6.45) is -3.35. The minimum absolute atomic E-state index is 0.00470. The maximum absolute atomic E-state index is 12.7. The fraction of sp³-hybridized carbons (Fsp3) is 0.318. The Morgan fingerprint density at radius 1 is 1.13 bits per heavy atom. The summed E-state index contributed by atoms with van der Waals surface area (Å²) in [4.78, 5) is 34.6. The predicted molar refractivity (Wildman–Crippen MR) is 107 cm³/mol. The molecule has 2 heterocycles. The van der Waals surface area contributed by atoms with Crippen LogP contribution in [0.15, 0.2) is 48.5 Å². The van der Waals surface area contributed by atoms with E-state index in [1.165, 1.54) is 17.0 Å². The van der Waals surface area contributed by atoms with E-state index in [0.717, 1.165) is 29.0 Å². The summed E-state index contributed by atoms with van der Waals surface area (Å²) in [6, 6.07) is 11.4. The van der Waals surface area contributed by atoms with E-state index in [1.54, 1.807) is 0 Å². The third kappa shape index (κ3) is 3.64. The first-order valence-corrected chi connectivity index (χ1v) is 10.0. The Hall–Kier alpha value is -3.36. The molecule has 1 aromatic heterocycles. The molecule has 1 aliphatic heterocycles. The lowest BCUT2D eigenvalue weighted by molar-refractivity contribution is -0.137. The molecule has 2 aliphatic rings. The van der Waals surface area contributed by atoms with Crippen molar-refractivity contribution in [2.45, 2.75) is 31.0 Å². The third-order valence-corrected chi connectivity index (χ3v) is 5.91. The highest BCUT2D eigenvalue weighted by Gasteiger charge is 2.47. The number of para-hydroxylation sites is 2. The molecule has 5 rings (SSSR count). The molecule has 1 aliphatic carbocycles. The summed E-state index contributed by atoms with van der Waals surface area (Å²) < 4.78 is 38.2. The van der Waals surface area contributed by atoms with E-state index in [9.17, 15) is 22.8 Å². The number of halogens is 3. The molecular formula is C22H19F3N4O2. The molecule has 2 N–H and O–H groups in total. The first-order valence-electron chi connectivity index (χ1n) is 10.0. The van der Waals surface area contributed by atoms with Gasteiger partial charge in [0.2, 0.25) is 11.8 Å². The number of benzene rings is 2. The second-order valence-corrected chi connectivity index (χ2v) is 7.97. The van der Waals surface area contributed by atoms with Gasteiger partial charge in [-0.05, 0) is 49.2 Å². The van der Waals surface area contributed by atoms with Crippen LogP contribution in [0.2, 0.25) is 0 Å². The summed E-state index contributed by atoms with van der Waals surface area (Å²) in [5.41, 5.74) is 1.39. The lowest BCUT2D eigenvalue weighted by Gasteiger charge is -2.18. The molecule has 3 atom stereocenters. The van der Waals surface area contributed by atoms with Gasteiger partial charge in [0, 0.05) is 24.1 Å². The molecule has 9 heteroatoms. The topological polar surface area (TPSA) is 78.1 Å². The number of amides is 2. The van der Waals surface area contributed by atoms with E-state index in [0.29, 0.717) is 25.1 Å². The zero-order chi connectivity index (χ0) is 21.8. The number of carbonyl (C=O) groups excluding carboxylic acids is 2. The van der Waals surface area contributed by atoms with Crippen LogP contribution in [0, 0.1) is 5.92 Å². The van der Waals surface area contributed by atoms with Gasteiger partial charge in [0.05, 0.1) is 16.6 Å². The van der Waals surface area contributed by atoms with E-state index in [2.05, 4.69) is 15.3 Å². The van der Waals surface area contributed by atoms with Crippen LogP contribution in [0.25, 0.3) is 11.0 Å². The molecule has 3 aromatic rings. The predicted octanol–water partition coefficient (Wildman–Crippen LogP) is 3.61. The van der Waals surface area contributed by atoms with Gasteiger partial charge in [-0.25, -0.2) is 4.98 Å². The van der Waals surface area contributed by atoms with Crippen LogP contribution < -0.4 is 10.2 Å². The molecular weight excluding hydrogens is 409 g/mol. The fourth-order valence-electron chi connectivity index (χ4n) is 4.11. The van der Waals surface area contributed by atoms with Crippen LogP contribution in [-0.4, -0.2) is 34.4 Å². The Kier molecular flexibility index (Phi) is 4.49. The average Bonchev–Trinajstić information content (AvgIpc) is 3.31. The number of aromatic amines is 1. The van der Waals surface area contributed by atoms with Crippen LogP contribution in [0.3, 0.4) is 0 Å². The molecule has 6 nitrogen and oxygen atoms in total. The molecule has 160 valence electrons. The summed E-state index contributed by atoms with van der Waals surface area (Å²) >= 11 is 0. The van der Waals surface area contributed by atoms with Crippen LogP contribution in [-0.2, 0) is 15.8 Å². The molecule has 1 saturated carbocycles. The van der Waals surface area contributed by atoms with Crippen molar-refractivity contribution in [2.24, 2.45) is 5.92 Å². The number of anilines is 1. The number of nitrogens with zero attached hydrogens (tertiary/aromatic N) is 2.